The van der Waals surface area contributed by atoms with Crippen molar-refractivity contribution >= 4 is 0 Å². The van der Waals surface area contributed by atoms with Crippen LogP contribution in [0.1, 0.15) is 13.8 Å². The highest BCUT2D eigenvalue weighted by atomic mass is 16.6. The van der Waals surface area contributed by atoms with Gasteiger partial charge in [0.1, 0.15) is 0 Å². The second kappa shape index (κ2) is 13.9. The summed E-state index contributed by atoms with van der Waals surface area (Å²) in [6.07, 6.45) is 2.02. The molecule has 1 N–H and O–H groups in total. The fraction of sp³-hybridized carbons (Fsp3) is 0.600. The average molecular weight is 188 g/mol. The monoisotopic (exact) mass is 188 g/mol. The van der Waals surface area contributed by atoms with Crippen molar-refractivity contribution < 1.29 is 14.6 Å². The van der Waals surface area contributed by atoms with Crippen molar-refractivity contribution in [1.82, 2.24) is 0 Å². The van der Waals surface area contributed by atoms with Gasteiger partial charge in [-0.2, -0.15) is 0 Å². The third-order valence-electron chi connectivity index (χ3n) is 0.995. The molecule has 0 saturated heterocycles. The number of aliphatic hydroxyl groups is 1. The zero-order valence-electron chi connectivity index (χ0n) is 8.53. The quantitative estimate of drug-likeness (QED) is 0.509. The third kappa shape index (κ3) is 18.4. The van der Waals surface area contributed by atoms with Crippen LogP contribution in [0, 0.1) is 0 Å². The summed E-state index contributed by atoms with van der Waals surface area (Å²) in [6, 6.07) is 0. The first-order valence-electron chi connectivity index (χ1n) is 4.33. The molecule has 0 heterocycles. The first-order chi connectivity index (χ1) is 6.22. The van der Waals surface area contributed by atoms with Gasteiger partial charge in [0.05, 0.1) is 6.61 Å². The Labute approximate surface area is 80.7 Å². The standard InChI is InChI=1S/C6H10O2.C4H10O/c1-3-5-8-6(7)4-2;1-3-5-4-2/h3-4,6-7H,1-2,5H2;3-4H2,1-2H3. The Morgan fingerprint density at radius 3 is 2.08 bits per heavy atom. The van der Waals surface area contributed by atoms with E-state index in [4.69, 9.17) is 9.84 Å². The molecule has 0 aliphatic rings. The highest BCUT2D eigenvalue weighted by Gasteiger charge is 1.90. The molecule has 0 rings (SSSR count). The van der Waals surface area contributed by atoms with Gasteiger partial charge in [-0.05, 0) is 19.9 Å². The molecular weight excluding hydrogens is 168 g/mol. The van der Waals surface area contributed by atoms with Crippen molar-refractivity contribution in [3.63, 3.8) is 0 Å². The Kier molecular flexibility index (Phi) is 15.9. The highest BCUT2D eigenvalue weighted by molar-refractivity contribution is 4.72. The Morgan fingerprint density at radius 1 is 1.31 bits per heavy atom. The van der Waals surface area contributed by atoms with E-state index in [1.807, 2.05) is 13.8 Å². The van der Waals surface area contributed by atoms with Crippen LogP contribution < -0.4 is 0 Å². The first-order valence-corrected chi connectivity index (χ1v) is 4.33. The highest BCUT2D eigenvalue weighted by Crippen LogP contribution is 1.85. The zero-order valence-corrected chi connectivity index (χ0v) is 8.53. The van der Waals surface area contributed by atoms with E-state index in [9.17, 15) is 0 Å². The number of rotatable bonds is 6. The van der Waals surface area contributed by atoms with E-state index >= 15 is 0 Å². The van der Waals surface area contributed by atoms with E-state index in [0.717, 1.165) is 13.2 Å². The van der Waals surface area contributed by atoms with E-state index in [-0.39, 0.29) is 0 Å². The molecule has 3 nitrogen and oxygen atoms in total. The minimum atomic E-state index is -0.854. The third-order valence-corrected chi connectivity index (χ3v) is 0.995. The summed E-state index contributed by atoms with van der Waals surface area (Å²) in [5, 5.41) is 8.60. The first kappa shape index (κ1) is 14.9. The predicted octanol–water partition coefficient (Wildman–Crippen LogP) is 1.74. The lowest BCUT2D eigenvalue weighted by Crippen LogP contribution is -2.06. The van der Waals surface area contributed by atoms with Crippen molar-refractivity contribution in [2.45, 2.75) is 20.1 Å². The second-order valence-electron chi connectivity index (χ2n) is 2.03. The van der Waals surface area contributed by atoms with Crippen LogP contribution in [0.25, 0.3) is 0 Å². The molecule has 3 heteroatoms. The lowest BCUT2D eigenvalue weighted by Gasteiger charge is -2.01. The molecule has 1 unspecified atom stereocenters. The Hall–Kier alpha value is -0.640. The minimum absolute atomic E-state index is 0.354. The maximum absolute atomic E-state index is 8.60. The van der Waals surface area contributed by atoms with Gasteiger partial charge in [-0.25, -0.2) is 0 Å². The molecule has 1 atom stereocenters. The summed E-state index contributed by atoms with van der Waals surface area (Å²) < 4.78 is 9.49. The molecule has 0 saturated carbocycles. The van der Waals surface area contributed by atoms with Crippen molar-refractivity contribution in [3.8, 4) is 0 Å². The molecule has 0 fully saturated rings. The SMILES string of the molecule is C=CCOC(O)C=C.CCOCC. The van der Waals surface area contributed by atoms with Crippen LogP contribution in [0.4, 0.5) is 0 Å². The number of aliphatic hydroxyl groups excluding tert-OH is 1. The number of hydrogen-bond donors (Lipinski definition) is 1. The Bertz CT molecular complexity index is 111. The summed E-state index contributed by atoms with van der Waals surface area (Å²) in [4.78, 5) is 0. The maximum atomic E-state index is 8.60. The summed E-state index contributed by atoms with van der Waals surface area (Å²) >= 11 is 0. The van der Waals surface area contributed by atoms with Crippen molar-refractivity contribution in [1.29, 1.82) is 0 Å². The molecule has 0 aromatic carbocycles. The van der Waals surface area contributed by atoms with Crippen LogP contribution in [0.15, 0.2) is 25.3 Å². The lowest BCUT2D eigenvalue weighted by molar-refractivity contribution is -0.0519. The van der Waals surface area contributed by atoms with Crippen molar-refractivity contribution in [2.24, 2.45) is 0 Å². The van der Waals surface area contributed by atoms with Gasteiger partial charge < -0.3 is 14.6 Å². The fourth-order valence-electron chi connectivity index (χ4n) is 0.439. The van der Waals surface area contributed by atoms with Gasteiger partial charge in [-0.1, -0.05) is 12.7 Å². The molecule has 78 valence electrons. The average Bonchev–Trinajstić information content (AvgIpc) is 2.16. The predicted molar refractivity (Wildman–Crippen MR) is 54.5 cm³/mol. The molecule has 0 spiro atoms. The van der Waals surface area contributed by atoms with Crippen molar-refractivity contribution in [2.75, 3.05) is 19.8 Å². The number of hydrogen-bond acceptors (Lipinski definition) is 3. The van der Waals surface area contributed by atoms with Gasteiger partial charge in [-0.15, -0.1) is 6.58 Å². The molecule has 13 heavy (non-hydrogen) atoms. The zero-order chi connectivity index (χ0) is 10.5. The van der Waals surface area contributed by atoms with E-state index in [0.29, 0.717) is 6.61 Å². The molecule has 0 aromatic heterocycles. The fourth-order valence-corrected chi connectivity index (χ4v) is 0.439. The van der Waals surface area contributed by atoms with Gasteiger partial charge in [0.2, 0.25) is 0 Å². The van der Waals surface area contributed by atoms with Crippen LogP contribution in [0.5, 0.6) is 0 Å². The van der Waals surface area contributed by atoms with Crippen LogP contribution in [0.3, 0.4) is 0 Å². The lowest BCUT2D eigenvalue weighted by atomic mass is 10.6. The molecule has 0 aliphatic carbocycles. The molecular formula is C10H20O3. The van der Waals surface area contributed by atoms with Gasteiger partial charge in [0.25, 0.3) is 0 Å². The molecule has 0 bridgehead atoms. The smallest absolute Gasteiger partial charge is 0.174 e. The molecule has 0 amide bonds. The van der Waals surface area contributed by atoms with Crippen LogP contribution in [-0.4, -0.2) is 31.2 Å². The van der Waals surface area contributed by atoms with Crippen LogP contribution >= 0.6 is 0 Å². The van der Waals surface area contributed by atoms with E-state index in [1.165, 1.54) is 6.08 Å². The summed E-state index contributed by atoms with van der Waals surface area (Å²) in [5.74, 6) is 0. The molecule has 0 radical (unpaired) electrons. The summed E-state index contributed by atoms with van der Waals surface area (Å²) in [6.45, 7) is 12.7. The molecule has 0 aromatic rings. The summed E-state index contributed by atoms with van der Waals surface area (Å²) in [5.41, 5.74) is 0. The minimum Gasteiger partial charge on any atom is -0.382 e. The van der Waals surface area contributed by atoms with Crippen LogP contribution in [0.2, 0.25) is 0 Å². The van der Waals surface area contributed by atoms with Gasteiger partial charge in [-0.3, -0.25) is 0 Å². The van der Waals surface area contributed by atoms with E-state index < -0.39 is 6.29 Å². The summed E-state index contributed by atoms with van der Waals surface area (Å²) in [7, 11) is 0. The second-order valence-corrected chi connectivity index (χ2v) is 2.03. The number of ether oxygens (including phenoxy) is 2. The topological polar surface area (TPSA) is 38.7 Å². The van der Waals surface area contributed by atoms with Gasteiger partial charge >= 0.3 is 0 Å². The Morgan fingerprint density at radius 2 is 1.85 bits per heavy atom. The molecule has 0 aliphatic heterocycles. The van der Waals surface area contributed by atoms with Gasteiger partial charge in [0, 0.05) is 13.2 Å². The Balaban J connectivity index is 0. The van der Waals surface area contributed by atoms with Crippen LogP contribution in [-0.2, 0) is 9.47 Å². The maximum Gasteiger partial charge on any atom is 0.174 e. The van der Waals surface area contributed by atoms with E-state index in [2.05, 4.69) is 17.9 Å². The normalized spacial score (nSPS) is 11.0. The van der Waals surface area contributed by atoms with Gasteiger partial charge in [0.15, 0.2) is 6.29 Å². The van der Waals surface area contributed by atoms with E-state index in [1.54, 1.807) is 6.08 Å². The largest absolute Gasteiger partial charge is 0.382 e. The van der Waals surface area contributed by atoms with Crippen molar-refractivity contribution in [3.05, 3.63) is 25.3 Å².